The third kappa shape index (κ3) is 5.53. The highest BCUT2D eigenvalue weighted by Crippen LogP contribution is 2.47. The maximum atomic E-state index is 12.0. The van der Waals surface area contributed by atoms with Gasteiger partial charge in [0.05, 0.1) is 51.3 Å². The number of thioether (sulfide) groups is 1. The van der Waals surface area contributed by atoms with Crippen LogP contribution >= 0.6 is 69.8 Å². The van der Waals surface area contributed by atoms with Gasteiger partial charge in [0.15, 0.2) is 11.5 Å². The molecule has 1 N–H and O–H groups in total. The van der Waals surface area contributed by atoms with Gasteiger partial charge in [-0.05, 0) is 23.8 Å². The van der Waals surface area contributed by atoms with Crippen molar-refractivity contribution in [3.63, 3.8) is 0 Å². The topological polar surface area (TPSA) is 59.9 Å². The van der Waals surface area contributed by atoms with E-state index in [2.05, 4.69) is 10.5 Å². The molecule has 0 aromatic heterocycles. The van der Waals surface area contributed by atoms with E-state index in [4.69, 9.17) is 67.5 Å². The highest BCUT2D eigenvalue weighted by Gasteiger charge is 2.20. The Kier molecular flexibility index (Phi) is 8.86. The smallest absolute Gasteiger partial charge is 0.250 e. The van der Waals surface area contributed by atoms with Crippen LogP contribution in [0.3, 0.4) is 0 Å². The molecule has 0 bridgehead atoms. The first kappa shape index (κ1) is 23.3. The SMILES string of the molecule is COc1ccc(/C=N/NC(=O)CSc2c(Cl)c(Cl)c(Cl)c(Cl)c2Cl)cc1OC. The van der Waals surface area contributed by atoms with Gasteiger partial charge in [-0.2, -0.15) is 5.10 Å². The molecule has 0 saturated carbocycles. The molecule has 1 amide bonds. The summed E-state index contributed by atoms with van der Waals surface area (Å²) in [6.07, 6.45) is 1.47. The number of methoxy groups -OCH3 is 2. The Morgan fingerprint density at radius 2 is 1.57 bits per heavy atom. The third-order valence-electron chi connectivity index (χ3n) is 3.33. The van der Waals surface area contributed by atoms with Gasteiger partial charge in [0, 0.05) is 4.90 Å². The van der Waals surface area contributed by atoms with Crippen molar-refractivity contribution in [3.05, 3.63) is 48.9 Å². The van der Waals surface area contributed by atoms with E-state index in [1.165, 1.54) is 13.3 Å². The average molecular weight is 503 g/mol. The summed E-state index contributed by atoms with van der Waals surface area (Å²) in [7, 11) is 3.08. The molecular formula is C17H13Cl5N2O3S. The zero-order valence-electron chi connectivity index (χ0n) is 14.5. The van der Waals surface area contributed by atoms with E-state index in [0.717, 1.165) is 11.8 Å². The van der Waals surface area contributed by atoms with Gasteiger partial charge in [-0.3, -0.25) is 4.79 Å². The number of hydrogen-bond donors (Lipinski definition) is 1. The van der Waals surface area contributed by atoms with Gasteiger partial charge in [0.1, 0.15) is 0 Å². The molecule has 150 valence electrons. The van der Waals surface area contributed by atoms with Crippen molar-refractivity contribution in [2.24, 2.45) is 5.10 Å². The van der Waals surface area contributed by atoms with E-state index in [-0.39, 0.29) is 36.8 Å². The van der Waals surface area contributed by atoms with Gasteiger partial charge < -0.3 is 9.47 Å². The summed E-state index contributed by atoms with van der Waals surface area (Å²) in [5.74, 6) is 0.746. The van der Waals surface area contributed by atoms with Crippen molar-refractivity contribution < 1.29 is 14.3 Å². The molecule has 0 atom stereocenters. The molecule has 2 aromatic rings. The number of ether oxygens (including phenoxy) is 2. The van der Waals surface area contributed by atoms with Gasteiger partial charge in [-0.15, -0.1) is 11.8 Å². The molecule has 28 heavy (non-hydrogen) atoms. The predicted octanol–water partition coefficient (Wildman–Crippen LogP) is 6.21. The van der Waals surface area contributed by atoms with Crippen molar-refractivity contribution in [2.45, 2.75) is 4.90 Å². The Morgan fingerprint density at radius 3 is 2.14 bits per heavy atom. The first-order valence-corrected chi connectivity index (χ1v) is 10.4. The minimum Gasteiger partial charge on any atom is -0.493 e. The van der Waals surface area contributed by atoms with Crippen molar-refractivity contribution in [3.8, 4) is 11.5 Å². The summed E-state index contributed by atoms with van der Waals surface area (Å²) in [6, 6.07) is 5.22. The van der Waals surface area contributed by atoms with Crippen molar-refractivity contribution in [2.75, 3.05) is 20.0 Å². The van der Waals surface area contributed by atoms with E-state index >= 15 is 0 Å². The summed E-state index contributed by atoms with van der Waals surface area (Å²) in [5.41, 5.74) is 3.12. The number of nitrogens with zero attached hydrogens (tertiary/aromatic N) is 1. The highest BCUT2D eigenvalue weighted by atomic mass is 35.5. The molecule has 0 unspecified atom stereocenters. The maximum Gasteiger partial charge on any atom is 0.250 e. The largest absolute Gasteiger partial charge is 0.493 e. The second-order valence-electron chi connectivity index (χ2n) is 5.10. The number of carbonyl (C=O) groups excluding carboxylic acids is 1. The summed E-state index contributed by atoms with van der Waals surface area (Å²) in [5, 5.41) is 4.38. The van der Waals surface area contributed by atoms with E-state index in [1.54, 1.807) is 25.3 Å². The quantitative estimate of drug-likeness (QED) is 0.161. The second kappa shape index (κ2) is 10.7. The summed E-state index contributed by atoms with van der Waals surface area (Å²) >= 11 is 31.3. The Balaban J connectivity index is 2.00. The number of carbonyl (C=O) groups is 1. The molecule has 0 aliphatic rings. The number of benzene rings is 2. The van der Waals surface area contributed by atoms with E-state index in [9.17, 15) is 4.79 Å². The number of hydrazone groups is 1. The zero-order chi connectivity index (χ0) is 20.8. The lowest BCUT2D eigenvalue weighted by Crippen LogP contribution is -2.19. The van der Waals surface area contributed by atoms with E-state index in [1.807, 2.05) is 0 Å². The predicted molar refractivity (Wildman–Crippen MR) is 117 cm³/mol. The fourth-order valence-corrected chi connectivity index (χ4v) is 4.37. The van der Waals surface area contributed by atoms with Crippen LogP contribution in [0, 0.1) is 0 Å². The zero-order valence-corrected chi connectivity index (χ0v) is 19.1. The van der Waals surface area contributed by atoms with E-state index in [0.29, 0.717) is 22.0 Å². The Bertz CT molecular complexity index is 895. The standard InChI is InChI=1S/C17H13Cl5N2O3S/c1-26-9-4-3-8(5-10(9)27-2)6-23-24-11(25)7-28-17-15(21)13(19)12(18)14(20)16(17)22/h3-6H,7H2,1-2H3,(H,24,25)/b23-6+. The van der Waals surface area contributed by atoms with Crippen LogP contribution in [0.15, 0.2) is 28.2 Å². The fourth-order valence-electron chi connectivity index (χ4n) is 1.99. The van der Waals surface area contributed by atoms with Crippen LogP contribution in [0.5, 0.6) is 11.5 Å². The summed E-state index contributed by atoms with van der Waals surface area (Å²) in [6.45, 7) is 0. The Labute approximate surface area is 191 Å². The Morgan fingerprint density at radius 1 is 1.00 bits per heavy atom. The van der Waals surface area contributed by atoms with Crippen LogP contribution in [0.1, 0.15) is 5.56 Å². The van der Waals surface area contributed by atoms with Crippen LogP contribution in [-0.2, 0) is 4.79 Å². The lowest BCUT2D eigenvalue weighted by Gasteiger charge is -2.11. The minimum absolute atomic E-state index is 0.0169. The Hall–Kier alpha value is -1.02. The number of rotatable bonds is 7. The molecule has 2 rings (SSSR count). The number of halogens is 5. The van der Waals surface area contributed by atoms with Crippen molar-refractivity contribution in [1.29, 1.82) is 0 Å². The fraction of sp³-hybridized carbons (Fsp3) is 0.176. The molecule has 2 aromatic carbocycles. The maximum absolute atomic E-state index is 12.0. The van der Waals surface area contributed by atoms with E-state index < -0.39 is 0 Å². The molecule has 0 aliphatic carbocycles. The van der Waals surface area contributed by atoms with Crippen LogP contribution in [-0.4, -0.2) is 32.1 Å². The van der Waals surface area contributed by atoms with Crippen LogP contribution in [0.25, 0.3) is 0 Å². The number of amides is 1. The molecule has 11 heteroatoms. The molecule has 0 spiro atoms. The van der Waals surface area contributed by atoms with Gasteiger partial charge in [-0.25, -0.2) is 5.43 Å². The molecule has 0 heterocycles. The molecule has 0 radical (unpaired) electrons. The minimum atomic E-state index is -0.379. The van der Waals surface area contributed by atoms with Gasteiger partial charge in [0.25, 0.3) is 0 Å². The second-order valence-corrected chi connectivity index (χ2v) is 7.97. The first-order chi connectivity index (χ1) is 13.3. The summed E-state index contributed by atoms with van der Waals surface area (Å²) < 4.78 is 10.4. The third-order valence-corrected chi connectivity index (χ3v) is 6.93. The normalized spacial score (nSPS) is 11.0. The molecule has 0 fully saturated rings. The molecule has 0 saturated heterocycles. The van der Waals surface area contributed by atoms with Crippen molar-refractivity contribution >= 4 is 81.9 Å². The van der Waals surface area contributed by atoms with Crippen LogP contribution < -0.4 is 14.9 Å². The lowest BCUT2D eigenvalue weighted by molar-refractivity contribution is -0.118. The van der Waals surface area contributed by atoms with Gasteiger partial charge in [0.2, 0.25) is 5.91 Å². The summed E-state index contributed by atoms with van der Waals surface area (Å²) in [4.78, 5) is 12.4. The number of nitrogens with one attached hydrogen (secondary N) is 1. The lowest BCUT2D eigenvalue weighted by atomic mass is 10.2. The van der Waals surface area contributed by atoms with Crippen molar-refractivity contribution in [1.82, 2.24) is 5.43 Å². The molecule has 5 nitrogen and oxygen atoms in total. The van der Waals surface area contributed by atoms with Gasteiger partial charge >= 0.3 is 0 Å². The monoisotopic (exact) mass is 500 g/mol. The molecular weight excluding hydrogens is 490 g/mol. The average Bonchev–Trinajstić information content (AvgIpc) is 2.70. The van der Waals surface area contributed by atoms with Gasteiger partial charge in [-0.1, -0.05) is 58.0 Å². The highest BCUT2D eigenvalue weighted by molar-refractivity contribution is 8.00. The van der Waals surface area contributed by atoms with Crippen LogP contribution in [0.2, 0.25) is 25.1 Å². The first-order valence-electron chi connectivity index (χ1n) is 7.48. The number of hydrogen-bond acceptors (Lipinski definition) is 5. The van der Waals surface area contributed by atoms with Crippen LogP contribution in [0.4, 0.5) is 0 Å². The molecule has 0 aliphatic heterocycles.